The lowest BCUT2D eigenvalue weighted by molar-refractivity contribution is 1.44. The van der Waals surface area contributed by atoms with Crippen LogP contribution < -0.4 is 15.6 Å². The smallest absolute Gasteiger partial charge is 0.179 e. The number of hydrogen-bond donors (Lipinski definition) is 0. The molecule has 0 atom stereocenters. The Morgan fingerprint density at radius 1 is 0.658 bits per heavy atom. The molecule has 6 rings (SSSR count). The Bertz CT molecular complexity index is 1740. The van der Waals surface area contributed by atoms with Gasteiger partial charge in [0.05, 0.1) is 0 Å². The second-order valence-corrected chi connectivity index (χ2v) is 14.3. The lowest BCUT2D eigenvalue weighted by atomic mass is 10.1. The molecule has 0 saturated carbocycles. The minimum Gasteiger partial charge on any atom is -0.245 e. The van der Waals surface area contributed by atoms with Gasteiger partial charge < -0.3 is 0 Å². The van der Waals surface area contributed by atoms with Crippen LogP contribution in [0.5, 0.6) is 0 Å². The summed E-state index contributed by atoms with van der Waals surface area (Å²) in [6, 6.07) is 42.3. The quantitative estimate of drug-likeness (QED) is 0.124. The number of pyridine rings is 1. The summed E-state index contributed by atoms with van der Waals surface area (Å²) >= 11 is 1.76. The molecule has 0 N–H and O–H groups in total. The van der Waals surface area contributed by atoms with Crippen molar-refractivity contribution in [2.75, 3.05) is 0 Å². The predicted molar refractivity (Wildman–Crippen MR) is 169 cm³/mol. The largest absolute Gasteiger partial charge is 0.245 e. The Morgan fingerprint density at radius 2 is 1.32 bits per heavy atom. The third kappa shape index (κ3) is 4.05. The first-order valence-electron chi connectivity index (χ1n) is 13.0. The second kappa shape index (κ2) is 10.4. The van der Waals surface area contributed by atoms with Crippen LogP contribution in [0.25, 0.3) is 31.4 Å². The molecule has 2 aromatic heterocycles. The van der Waals surface area contributed by atoms with Crippen LogP contribution in [0.4, 0.5) is 0 Å². The molecule has 0 spiro atoms. The van der Waals surface area contributed by atoms with Crippen LogP contribution in [0.1, 0.15) is 13.8 Å². The predicted octanol–water partition coefficient (Wildman–Crippen LogP) is 7.65. The van der Waals surface area contributed by atoms with E-state index in [1.54, 1.807) is 11.3 Å². The Kier molecular flexibility index (Phi) is 6.63. The average molecular weight is 524 g/mol. The van der Waals surface area contributed by atoms with Gasteiger partial charge in [-0.25, -0.2) is 4.98 Å². The number of nitrogens with zero attached hydrogens (tertiary/aromatic N) is 1. The van der Waals surface area contributed by atoms with Crippen molar-refractivity contribution in [2.45, 2.75) is 13.8 Å². The van der Waals surface area contributed by atoms with E-state index in [2.05, 4.69) is 147 Å². The molecule has 1 nitrogen and oxygen atoms in total. The monoisotopic (exact) mass is 523 g/mol. The summed E-state index contributed by atoms with van der Waals surface area (Å²) in [4.78, 5) is 5.98. The lowest BCUT2D eigenvalue weighted by Gasteiger charge is -2.35. The van der Waals surface area contributed by atoms with Gasteiger partial charge in [0.1, 0.15) is 4.83 Å². The summed E-state index contributed by atoms with van der Waals surface area (Å²) in [5, 5.41) is 8.02. The third-order valence-corrected chi connectivity index (χ3v) is 13.4. The molecule has 184 valence electrons. The summed E-state index contributed by atoms with van der Waals surface area (Å²) in [6.07, 6.45) is 8.83. The molecular weight excluding hydrogens is 495 g/mol. The van der Waals surface area contributed by atoms with Gasteiger partial charge in [-0.05, 0) is 52.3 Å². The van der Waals surface area contributed by atoms with Gasteiger partial charge in [0, 0.05) is 27.2 Å². The topological polar surface area (TPSA) is 12.9 Å². The lowest BCUT2D eigenvalue weighted by Crippen LogP contribution is -2.68. The molecule has 38 heavy (non-hydrogen) atoms. The Morgan fingerprint density at radius 3 is 2.00 bits per heavy atom. The van der Waals surface area contributed by atoms with E-state index in [4.69, 9.17) is 4.98 Å². The molecule has 0 fully saturated rings. The molecule has 0 aliphatic carbocycles. The van der Waals surface area contributed by atoms with E-state index < -0.39 is 8.07 Å². The molecule has 0 saturated heterocycles. The van der Waals surface area contributed by atoms with Crippen molar-refractivity contribution in [3.05, 3.63) is 145 Å². The molecule has 0 unspecified atom stereocenters. The van der Waals surface area contributed by atoms with Gasteiger partial charge in [-0.1, -0.05) is 121 Å². The molecule has 0 bridgehead atoms. The number of allylic oxidation sites excluding steroid dienone is 4. The van der Waals surface area contributed by atoms with Crippen LogP contribution >= 0.6 is 11.3 Å². The standard InChI is InChI=1S/C35H29NSSi/c1-3-14-28(4-2)38(29-16-7-5-8-17-29,30-18-9-6-10-19-30)31-20-13-15-26(23-31)27-24-33-32-21-11-12-22-34(32)37-35(33)36-25-27/h3-25H,1-2H3. The van der Waals surface area contributed by atoms with Gasteiger partial charge in [-0.2, -0.15) is 0 Å². The molecule has 6 aromatic rings. The molecule has 0 radical (unpaired) electrons. The number of hydrogen-bond acceptors (Lipinski definition) is 2. The molecular formula is C35H29NSSi. The normalized spacial score (nSPS) is 12.5. The Hall–Kier alpha value is -4.05. The van der Waals surface area contributed by atoms with Crippen LogP contribution in [-0.4, -0.2) is 13.1 Å². The van der Waals surface area contributed by atoms with Gasteiger partial charge in [0.15, 0.2) is 8.07 Å². The minimum atomic E-state index is -2.57. The molecule has 0 aliphatic rings. The molecule has 0 amide bonds. The maximum absolute atomic E-state index is 4.89. The van der Waals surface area contributed by atoms with E-state index in [0.29, 0.717) is 0 Å². The zero-order valence-corrected chi connectivity index (χ0v) is 23.5. The minimum absolute atomic E-state index is 1.09. The summed E-state index contributed by atoms with van der Waals surface area (Å²) in [5.41, 5.74) is 2.35. The van der Waals surface area contributed by atoms with E-state index in [9.17, 15) is 0 Å². The highest BCUT2D eigenvalue weighted by molar-refractivity contribution is 7.25. The SMILES string of the molecule is CC=CC(=CC)[Si](c1ccccc1)(c1ccccc1)c1cccc(-c2cnc3sc4ccccc4c3c2)c1. The fraction of sp³-hybridized carbons (Fsp3) is 0.0571. The van der Waals surface area contributed by atoms with Crippen LogP contribution in [0.3, 0.4) is 0 Å². The van der Waals surface area contributed by atoms with Gasteiger partial charge in [-0.3, -0.25) is 0 Å². The summed E-state index contributed by atoms with van der Waals surface area (Å²) in [6.45, 7) is 4.29. The van der Waals surface area contributed by atoms with Gasteiger partial charge in [0.25, 0.3) is 0 Å². The summed E-state index contributed by atoms with van der Waals surface area (Å²) in [5.74, 6) is 0. The average Bonchev–Trinajstić information content (AvgIpc) is 3.36. The van der Waals surface area contributed by atoms with Crippen molar-refractivity contribution >= 4 is 55.3 Å². The maximum Gasteiger partial charge on any atom is 0.179 e. The zero-order chi connectivity index (χ0) is 26.0. The highest BCUT2D eigenvalue weighted by Gasteiger charge is 2.41. The fourth-order valence-corrected chi connectivity index (χ4v) is 11.7. The molecule has 3 heteroatoms. The van der Waals surface area contributed by atoms with E-state index in [-0.39, 0.29) is 0 Å². The first-order chi connectivity index (χ1) is 18.8. The number of rotatable bonds is 6. The van der Waals surface area contributed by atoms with Crippen molar-refractivity contribution in [2.24, 2.45) is 0 Å². The number of fused-ring (bicyclic) bond motifs is 3. The van der Waals surface area contributed by atoms with Crippen molar-refractivity contribution in [3.8, 4) is 11.1 Å². The van der Waals surface area contributed by atoms with Crippen LogP contribution in [0, 0.1) is 0 Å². The number of thiophene rings is 1. The fourth-order valence-electron chi connectivity index (χ4n) is 5.69. The molecule has 4 aromatic carbocycles. The highest BCUT2D eigenvalue weighted by Crippen LogP contribution is 2.34. The van der Waals surface area contributed by atoms with E-state index >= 15 is 0 Å². The third-order valence-electron chi connectivity index (χ3n) is 7.37. The Balaban J connectivity index is 1.62. The zero-order valence-electron chi connectivity index (χ0n) is 21.6. The highest BCUT2D eigenvalue weighted by atomic mass is 32.1. The van der Waals surface area contributed by atoms with E-state index in [0.717, 1.165) is 10.4 Å². The van der Waals surface area contributed by atoms with E-state index in [1.165, 1.54) is 41.8 Å². The summed E-state index contributed by atoms with van der Waals surface area (Å²) < 4.78 is 1.28. The Labute approximate surface area is 229 Å². The maximum atomic E-state index is 4.89. The van der Waals surface area contributed by atoms with Crippen molar-refractivity contribution < 1.29 is 0 Å². The first-order valence-corrected chi connectivity index (χ1v) is 15.9. The first kappa shape index (κ1) is 24.3. The second-order valence-electron chi connectivity index (χ2n) is 9.48. The van der Waals surface area contributed by atoms with Gasteiger partial charge in [0.2, 0.25) is 0 Å². The van der Waals surface area contributed by atoms with Gasteiger partial charge >= 0.3 is 0 Å². The van der Waals surface area contributed by atoms with Crippen molar-refractivity contribution in [1.82, 2.24) is 4.98 Å². The van der Waals surface area contributed by atoms with Crippen LogP contribution in [0.15, 0.2) is 145 Å². The summed E-state index contributed by atoms with van der Waals surface area (Å²) in [7, 11) is -2.57. The van der Waals surface area contributed by atoms with Crippen LogP contribution in [-0.2, 0) is 0 Å². The molecule has 0 aliphatic heterocycles. The number of benzene rings is 4. The number of aromatic nitrogens is 1. The van der Waals surface area contributed by atoms with E-state index in [1.807, 2.05) is 6.20 Å². The van der Waals surface area contributed by atoms with Crippen molar-refractivity contribution in [3.63, 3.8) is 0 Å². The van der Waals surface area contributed by atoms with Crippen LogP contribution in [0.2, 0.25) is 0 Å². The molecule has 2 heterocycles. The van der Waals surface area contributed by atoms with Gasteiger partial charge in [-0.15, -0.1) is 11.3 Å². The van der Waals surface area contributed by atoms with Crippen molar-refractivity contribution in [1.29, 1.82) is 0 Å².